The minimum absolute atomic E-state index is 0.226. The Morgan fingerprint density at radius 2 is 1.94 bits per heavy atom. The summed E-state index contributed by atoms with van der Waals surface area (Å²) in [5.74, 6) is 0.909. The second-order valence-electron chi connectivity index (χ2n) is 4.91. The van der Waals surface area contributed by atoms with Crippen molar-refractivity contribution in [3.05, 3.63) is 35.9 Å². The van der Waals surface area contributed by atoms with E-state index in [0.29, 0.717) is 12.0 Å². The van der Waals surface area contributed by atoms with E-state index in [1.807, 2.05) is 6.07 Å². The lowest BCUT2D eigenvalue weighted by atomic mass is 9.79. The lowest BCUT2D eigenvalue weighted by Crippen LogP contribution is -2.60. The highest BCUT2D eigenvalue weighted by Gasteiger charge is 2.40. The molecule has 2 atom stereocenters. The largest absolute Gasteiger partial charge is 0.352 e. The van der Waals surface area contributed by atoms with Crippen molar-refractivity contribution in [3.8, 4) is 0 Å². The SMILES string of the molecule is CC(C)[C@H]1C(=O)N[C@H]1CCc1ccccc1. The molecule has 2 rings (SSSR count). The molecule has 0 aromatic heterocycles. The Hall–Kier alpha value is -1.31. The first kappa shape index (κ1) is 11.2. The van der Waals surface area contributed by atoms with Gasteiger partial charge < -0.3 is 5.32 Å². The molecule has 86 valence electrons. The van der Waals surface area contributed by atoms with Crippen LogP contribution in [0.2, 0.25) is 0 Å². The van der Waals surface area contributed by atoms with E-state index in [2.05, 4.69) is 43.4 Å². The van der Waals surface area contributed by atoms with Crippen LogP contribution in [0.5, 0.6) is 0 Å². The summed E-state index contributed by atoms with van der Waals surface area (Å²) in [6.45, 7) is 4.25. The van der Waals surface area contributed by atoms with Gasteiger partial charge in [-0.2, -0.15) is 0 Å². The Morgan fingerprint density at radius 3 is 2.50 bits per heavy atom. The highest BCUT2D eigenvalue weighted by molar-refractivity contribution is 5.86. The molecule has 1 N–H and O–H groups in total. The van der Waals surface area contributed by atoms with Gasteiger partial charge in [0.2, 0.25) is 5.91 Å². The fourth-order valence-corrected chi connectivity index (χ4v) is 2.44. The number of carbonyl (C=O) groups is 1. The Kier molecular flexibility index (Phi) is 3.28. The average molecular weight is 217 g/mol. The number of nitrogens with one attached hydrogen (secondary N) is 1. The molecule has 0 bridgehead atoms. The first-order chi connectivity index (χ1) is 7.68. The van der Waals surface area contributed by atoms with E-state index >= 15 is 0 Å². The lowest BCUT2D eigenvalue weighted by Gasteiger charge is -2.39. The van der Waals surface area contributed by atoms with Gasteiger partial charge in [-0.25, -0.2) is 0 Å². The normalized spacial score (nSPS) is 24.1. The minimum atomic E-state index is 0.226. The monoisotopic (exact) mass is 217 g/mol. The first-order valence-corrected chi connectivity index (χ1v) is 6.03. The third-order valence-electron chi connectivity index (χ3n) is 3.37. The fourth-order valence-electron chi connectivity index (χ4n) is 2.44. The molecule has 0 spiro atoms. The highest BCUT2D eigenvalue weighted by Crippen LogP contribution is 2.26. The van der Waals surface area contributed by atoms with Gasteiger partial charge in [0.1, 0.15) is 0 Å². The van der Waals surface area contributed by atoms with Crippen molar-refractivity contribution in [2.45, 2.75) is 32.7 Å². The molecule has 1 heterocycles. The molecule has 1 fully saturated rings. The Morgan fingerprint density at radius 1 is 1.25 bits per heavy atom. The van der Waals surface area contributed by atoms with Gasteiger partial charge in [-0.1, -0.05) is 44.2 Å². The van der Waals surface area contributed by atoms with Gasteiger partial charge in [-0.3, -0.25) is 4.79 Å². The number of hydrogen-bond acceptors (Lipinski definition) is 1. The topological polar surface area (TPSA) is 29.1 Å². The Balaban J connectivity index is 1.86. The lowest BCUT2D eigenvalue weighted by molar-refractivity contribution is -0.137. The minimum Gasteiger partial charge on any atom is -0.352 e. The second-order valence-corrected chi connectivity index (χ2v) is 4.91. The molecule has 1 aromatic rings. The summed E-state index contributed by atoms with van der Waals surface area (Å²) >= 11 is 0. The summed E-state index contributed by atoms with van der Waals surface area (Å²) in [5.41, 5.74) is 1.35. The standard InChI is InChI=1S/C14H19NO/c1-10(2)13-12(15-14(13)16)9-8-11-6-4-3-5-7-11/h3-7,10,12-13H,8-9H2,1-2H3,(H,15,16)/t12-,13+/m0/s1. The van der Waals surface area contributed by atoms with Gasteiger partial charge in [0, 0.05) is 6.04 Å². The fraction of sp³-hybridized carbons (Fsp3) is 0.500. The zero-order valence-corrected chi connectivity index (χ0v) is 9.94. The van der Waals surface area contributed by atoms with E-state index < -0.39 is 0 Å². The molecule has 2 nitrogen and oxygen atoms in total. The van der Waals surface area contributed by atoms with Crippen molar-refractivity contribution in [1.29, 1.82) is 0 Å². The first-order valence-electron chi connectivity index (χ1n) is 6.03. The van der Waals surface area contributed by atoms with E-state index in [0.717, 1.165) is 12.8 Å². The number of carbonyl (C=O) groups excluding carboxylic acids is 1. The summed E-state index contributed by atoms with van der Waals surface area (Å²) in [7, 11) is 0. The van der Waals surface area contributed by atoms with Gasteiger partial charge in [0.25, 0.3) is 0 Å². The number of β-lactam (4-membered cyclic amide) rings is 1. The summed E-state index contributed by atoms with van der Waals surface area (Å²) in [5, 5.41) is 3.01. The van der Waals surface area contributed by atoms with E-state index in [4.69, 9.17) is 0 Å². The smallest absolute Gasteiger partial charge is 0.225 e. The van der Waals surface area contributed by atoms with Crippen LogP contribution in [-0.2, 0) is 11.2 Å². The molecule has 1 aliphatic rings. The molecule has 1 saturated heterocycles. The van der Waals surface area contributed by atoms with Crippen molar-refractivity contribution in [2.75, 3.05) is 0 Å². The van der Waals surface area contributed by atoms with Crippen LogP contribution in [-0.4, -0.2) is 11.9 Å². The Bertz CT molecular complexity index is 358. The third-order valence-corrected chi connectivity index (χ3v) is 3.37. The molecule has 16 heavy (non-hydrogen) atoms. The molecule has 0 saturated carbocycles. The molecule has 2 heteroatoms. The van der Waals surface area contributed by atoms with E-state index in [1.54, 1.807) is 0 Å². The quantitative estimate of drug-likeness (QED) is 0.771. The molecular formula is C14H19NO. The third kappa shape index (κ3) is 2.26. The van der Waals surface area contributed by atoms with Gasteiger partial charge >= 0.3 is 0 Å². The van der Waals surface area contributed by atoms with Crippen LogP contribution >= 0.6 is 0 Å². The summed E-state index contributed by atoms with van der Waals surface area (Å²) < 4.78 is 0. The summed E-state index contributed by atoms with van der Waals surface area (Å²) in [4.78, 5) is 11.4. The second kappa shape index (κ2) is 4.69. The van der Waals surface area contributed by atoms with Gasteiger partial charge in [-0.05, 0) is 24.3 Å². The number of aryl methyl sites for hydroxylation is 1. The van der Waals surface area contributed by atoms with Gasteiger partial charge in [0.05, 0.1) is 5.92 Å². The predicted molar refractivity (Wildman–Crippen MR) is 65.0 cm³/mol. The highest BCUT2D eigenvalue weighted by atomic mass is 16.2. The molecule has 1 aromatic carbocycles. The van der Waals surface area contributed by atoms with Gasteiger partial charge in [0.15, 0.2) is 0 Å². The number of amides is 1. The van der Waals surface area contributed by atoms with Crippen molar-refractivity contribution in [1.82, 2.24) is 5.32 Å². The van der Waals surface area contributed by atoms with Crippen molar-refractivity contribution < 1.29 is 4.79 Å². The summed E-state index contributed by atoms with van der Waals surface area (Å²) in [6, 6.07) is 10.8. The van der Waals surface area contributed by atoms with Crippen LogP contribution < -0.4 is 5.32 Å². The van der Waals surface area contributed by atoms with Crippen molar-refractivity contribution in [2.24, 2.45) is 11.8 Å². The zero-order chi connectivity index (χ0) is 11.5. The predicted octanol–water partition coefficient (Wildman–Crippen LogP) is 2.39. The number of benzene rings is 1. The van der Waals surface area contributed by atoms with Crippen LogP contribution in [0.25, 0.3) is 0 Å². The van der Waals surface area contributed by atoms with Crippen LogP contribution in [0, 0.1) is 11.8 Å². The molecular weight excluding hydrogens is 198 g/mol. The summed E-state index contributed by atoms with van der Waals surface area (Å²) in [6.07, 6.45) is 2.10. The average Bonchev–Trinajstić information content (AvgIpc) is 2.24. The maximum Gasteiger partial charge on any atom is 0.225 e. The van der Waals surface area contributed by atoms with E-state index in [-0.39, 0.29) is 11.8 Å². The molecule has 0 unspecified atom stereocenters. The van der Waals surface area contributed by atoms with E-state index in [9.17, 15) is 4.79 Å². The number of rotatable bonds is 4. The molecule has 1 aliphatic heterocycles. The molecule has 0 radical (unpaired) electrons. The maximum atomic E-state index is 11.4. The Labute approximate surface area is 97.1 Å². The van der Waals surface area contributed by atoms with Crippen LogP contribution in [0.1, 0.15) is 25.8 Å². The molecule has 0 aliphatic carbocycles. The molecule has 1 amide bonds. The van der Waals surface area contributed by atoms with Crippen molar-refractivity contribution in [3.63, 3.8) is 0 Å². The van der Waals surface area contributed by atoms with E-state index in [1.165, 1.54) is 5.56 Å². The zero-order valence-electron chi connectivity index (χ0n) is 9.94. The number of hydrogen-bond donors (Lipinski definition) is 1. The van der Waals surface area contributed by atoms with Gasteiger partial charge in [-0.15, -0.1) is 0 Å². The maximum absolute atomic E-state index is 11.4. The van der Waals surface area contributed by atoms with Crippen LogP contribution in [0.3, 0.4) is 0 Å². The van der Waals surface area contributed by atoms with Crippen LogP contribution in [0.4, 0.5) is 0 Å². The van der Waals surface area contributed by atoms with Crippen LogP contribution in [0.15, 0.2) is 30.3 Å². The van der Waals surface area contributed by atoms with Crippen molar-refractivity contribution >= 4 is 5.91 Å².